The Morgan fingerprint density at radius 1 is 1.46 bits per heavy atom. The molecule has 1 aliphatic carbocycles. The minimum atomic E-state index is -0.957. The summed E-state index contributed by atoms with van der Waals surface area (Å²) in [6.45, 7) is 2.47. The lowest BCUT2D eigenvalue weighted by Crippen LogP contribution is -2.55. The van der Waals surface area contributed by atoms with Crippen LogP contribution in [0.5, 0.6) is 0 Å². The van der Waals surface area contributed by atoms with Gasteiger partial charge in [-0.05, 0) is 13.3 Å². The molecule has 9 nitrogen and oxygen atoms in total. The van der Waals surface area contributed by atoms with Crippen molar-refractivity contribution in [2.24, 2.45) is 22.6 Å². The number of rotatable bonds is 6. The number of aliphatic imine (C=N–C) groups is 1. The third-order valence-corrected chi connectivity index (χ3v) is 6.38. The van der Waals surface area contributed by atoms with E-state index < -0.39 is 23.7 Å². The number of Topliss-reactive ketones (excluding diaryl/α,β-unsaturated/α-hetero) is 2. The van der Waals surface area contributed by atoms with Crippen LogP contribution in [0.15, 0.2) is 16.3 Å². The van der Waals surface area contributed by atoms with Crippen molar-refractivity contribution in [3.05, 3.63) is 11.3 Å². The summed E-state index contributed by atoms with van der Waals surface area (Å²) < 4.78 is 11.0. The Hall–Kier alpha value is -1.97. The monoisotopic (exact) mass is 410 g/mol. The van der Waals surface area contributed by atoms with Gasteiger partial charge in [0.2, 0.25) is 5.78 Å². The van der Waals surface area contributed by atoms with Crippen LogP contribution >= 0.6 is 11.6 Å². The smallest absolute Gasteiger partial charge is 0.404 e. The second-order valence-electron chi connectivity index (χ2n) is 7.49. The number of amides is 1. The molecule has 5 unspecified atom stereocenters. The summed E-state index contributed by atoms with van der Waals surface area (Å²) in [6, 6.07) is 0.110. The Morgan fingerprint density at radius 2 is 2.21 bits per heavy atom. The molecule has 0 bridgehead atoms. The molecule has 3 heterocycles. The van der Waals surface area contributed by atoms with E-state index in [1.54, 1.807) is 14.0 Å². The van der Waals surface area contributed by atoms with Gasteiger partial charge in [0.15, 0.2) is 11.5 Å². The number of halogens is 1. The summed E-state index contributed by atoms with van der Waals surface area (Å²) in [4.78, 5) is 44.1. The van der Waals surface area contributed by atoms with Gasteiger partial charge in [0.05, 0.1) is 29.3 Å². The fourth-order valence-corrected chi connectivity index (χ4v) is 4.97. The molecule has 4 rings (SSSR count). The van der Waals surface area contributed by atoms with Crippen molar-refractivity contribution < 1.29 is 23.9 Å². The van der Waals surface area contributed by atoms with Crippen LogP contribution in [0.2, 0.25) is 0 Å². The summed E-state index contributed by atoms with van der Waals surface area (Å²) in [5.41, 5.74) is 5.10. The van der Waals surface area contributed by atoms with Gasteiger partial charge in [0.1, 0.15) is 6.61 Å². The predicted molar refractivity (Wildman–Crippen MR) is 100 cm³/mol. The highest BCUT2D eigenvalue weighted by molar-refractivity contribution is 6.53. The Morgan fingerprint density at radius 3 is 2.86 bits per heavy atom. The van der Waals surface area contributed by atoms with E-state index in [2.05, 4.69) is 10.3 Å². The second kappa shape index (κ2) is 6.82. The van der Waals surface area contributed by atoms with Gasteiger partial charge in [0.25, 0.3) is 0 Å². The zero-order valence-corrected chi connectivity index (χ0v) is 16.5. The highest BCUT2D eigenvalue weighted by atomic mass is 35.5. The largest absolute Gasteiger partial charge is 0.449 e. The number of fused-ring (bicyclic) bond motifs is 4. The summed E-state index contributed by atoms with van der Waals surface area (Å²) in [5.74, 6) is -1.31. The van der Waals surface area contributed by atoms with Gasteiger partial charge in [0, 0.05) is 37.7 Å². The first kappa shape index (κ1) is 19.4. The quantitative estimate of drug-likeness (QED) is 0.352. The molecule has 4 aliphatic rings. The molecule has 0 aromatic carbocycles. The molecule has 0 aromatic heterocycles. The van der Waals surface area contributed by atoms with Crippen LogP contribution in [0.1, 0.15) is 13.3 Å². The summed E-state index contributed by atoms with van der Waals surface area (Å²) in [7, 11) is 1.54. The van der Waals surface area contributed by atoms with E-state index in [0.717, 1.165) is 0 Å². The minimum Gasteiger partial charge on any atom is -0.449 e. The maximum absolute atomic E-state index is 13.4. The van der Waals surface area contributed by atoms with Crippen LogP contribution in [-0.2, 0) is 19.1 Å². The van der Waals surface area contributed by atoms with Gasteiger partial charge >= 0.3 is 6.09 Å². The summed E-state index contributed by atoms with van der Waals surface area (Å²) in [6.07, 6.45) is -0.328. The van der Waals surface area contributed by atoms with Gasteiger partial charge in [-0.1, -0.05) is 0 Å². The Bertz CT molecular complexity index is 812. The Balaban J connectivity index is 1.78. The van der Waals surface area contributed by atoms with E-state index in [0.29, 0.717) is 36.7 Å². The van der Waals surface area contributed by atoms with Crippen LogP contribution in [0.25, 0.3) is 0 Å². The maximum atomic E-state index is 13.4. The number of ketones is 2. The van der Waals surface area contributed by atoms with Crippen molar-refractivity contribution in [2.75, 3.05) is 32.7 Å². The predicted octanol–water partition coefficient (Wildman–Crippen LogP) is -0.178. The average Bonchev–Trinajstić information content (AvgIpc) is 3.27. The number of hydrogen-bond donors (Lipinski definition) is 2. The van der Waals surface area contributed by atoms with Gasteiger partial charge in [-0.15, -0.1) is 11.6 Å². The minimum absolute atomic E-state index is 0.0582. The number of nitrogens with one attached hydrogen (secondary N) is 1. The van der Waals surface area contributed by atoms with Crippen LogP contribution in [0.4, 0.5) is 4.79 Å². The molecule has 0 aromatic rings. The van der Waals surface area contributed by atoms with E-state index in [1.807, 2.05) is 4.90 Å². The zero-order chi connectivity index (χ0) is 20.2. The van der Waals surface area contributed by atoms with Crippen molar-refractivity contribution in [3.63, 3.8) is 0 Å². The first-order valence-corrected chi connectivity index (χ1v) is 9.86. The first-order chi connectivity index (χ1) is 13.4. The number of carbonyl (C=O) groups is 3. The van der Waals surface area contributed by atoms with E-state index in [-0.39, 0.29) is 36.0 Å². The highest BCUT2D eigenvalue weighted by Crippen LogP contribution is 2.55. The van der Waals surface area contributed by atoms with E-state index in [4.69, 9.17) is 26.8 Å². The normalized spacial score (nSPS) is 37.2. The van der Waals surface area contributed by atoms with Gasteiger partial charge in [-0.25, -0.2) is 4.79 Å². The number of allylic oxidation sites excluding steroid dienone is 1. The van der Waals surface area contributed by atoms with Gasteiger partial charge in [-0.2, -0.15) is 0 Å². The molecule has 0 saturated carbocycles. The third kappa shape index (κ3) is 2.53. The van der Waals surface area contributed by atoms with Crippen molar-refractivity contribution in [3.8, 4) is 0 Å². The summed E-state index contributed by atoms with van der Waals surface area (Å²) in [5, 5.41) is 3.32. The molecule has 2 saturated heterocycles. The van der Waals surface area contributed by atoms with Crippen molar-refractivity contribution >= 4 is 35.0 Å². The number of methoxy groups -OCH3 is 1. The number of nitrogens with zero attached hydrogens (tertiary/aromatic N) is 2. The molecule has 5 atom stereocenters. The van der Waals surface area contributed by atoms with E-state index >= 15 is 0 Å². The molecule has 3 aliphatic heterocycles. The second-order valence-corrected chi connectivity index (χ2v) is 7.86. The Kier molecular flexibility index (Phi) is 4.71. The standard InChI is InChI=1S/C18H23ClN4O5/c1-8-12(21-5-3-4-19)15(25)11-9(7-28-17(20)26)18(27-2)16-10(22-16)6-23(18)13(11)14(8)24/h8-10,16,22H,3-7H2,1-2H3,(H2,20,26). The van der Waals surface area contributed by atoms with Crippen molar-refractivity contribution in [1.82, 2.24) is 10.2 Å². The molecule has 28 heavy (non-hydrogen) atoms. The number of ether oxygens (including phenoxy) is 2. The molecule has 10 heteroatoms. The lowest BCUT2D eigenvalue weighted by molar-refractivity contribution is -0.138. The number of hydrogen-bond acceptors (Lipinski definition) is 8. The molecule has 3 N–H and O–H groups in total. The molecule has 152 valence electrons. The Labute approximate surface area is 167 Å². The lowest BCUT2D eigenvalue weighted by Gasteiger charge is -2.39. The van der Waals surface area contributed by atoms with E-state index in [9.17, 15) is 14.4 Å². The number of primary amides is 1. The molecule has 2 fully saturated rings. The van der Waals surface area contributed by atoms with Crippen LogP contribution in [-0.4, -0.2) is 78.8 Å². The average molecular weight is 411 g/mol. The number of nitrogens with two attached hydrogens (primary N) is 1. The highest BCUT2D eigenvalue weighted by Gasteiger charge is 2.73. The van der Waals surface area contributed by atoms with Crippen LogP contribution in [0, 0.1) is 11.8 Å². The van der Waals surface area contributed by atoms with Gasteiger partial charge < -0.3 is 25.4 Å². The molecule has 0 spiro atoms. The fourth-order valence-electron chi connectivity index (χ4n) is 4.85. The first-order valence-electron chi connectivity index (χ1n) is 9.32. The molecule has 0 radical (unpaired) electrons. The molecular formula is C18H23ClN4O5. The van der Waals surface area contributed by atoms with Gasteiger partial charge in [-0.3, -0.25) is 14.6 Å². The topological polar surface area (TPSA) is 133 Å². The number of piperazine rings is 1. The number of carbonyl (C=O) groups excluding carboxylic acids is 3. The van der Waals surface area contributed by atoms with Crippen LogP contribution in [0.3, 0.4) is 0 Å². The van der Waals surface area contributed by atoms with Crippen LogP contribution < -0.4 is 11.1 Å². The van der Waals surface area contributed by atoms with E-state index in [1.165, 1.54) is 0 Å². The number of alkyl halides is 1. The molecular weight excluding hydrogens is 388 g/mol. The van der Waals surface area contributed by atoms with Crippen molar-refractivity contribution in [1.29, 1.82) is 0 Å². The molecule has 1 amide bonds. The third-order valence-electron chi connectivity index (χ3n) is 6.11. The van der Waals surface area contributed by atoms with Crippen molar-refractivity contribution in [2.45, 2.75) is 31.2 Å². The SMILES string of the molecule is COC12C(COC(N)=O)C3=C(C(=O)C(C)C(=NCCCCl)C3=O)N1CC1NC12. The fraction of sp³-hybridized carbons (Fsp3) is 0.667. The summed E-state index contributed by atoms with van der Waals surface area (Å²) >= 11 is 5.71. The zero-order valence-electron chi connectivity index (χ0n) is 15.7. The maximum Gasteiger partial charge on any atom is 0.404 e. The lowest BCUT2D eigenvalue weighted by atomic mass is 9.78.